The molecule has 0 N–H and O–H groups in total. The van der Waals surface area contributed by atoms with E-state index in [1.54, 1.807) is 0 Å². The van der Waals surface area contributed by atoms with Crippen LogP contribution in [0.5, 0.6) is 0 Å². The second-order valence-corrected chi connectivity index (χ2v) is 5.03. The minimum Gasteiger partial charge on any atom is -0.0683 e. The summed E-state index contributed by atoms with van der Waals surface area (Å²) in [4.78, 5) is 0. The van der Waals surface area contributed by atoms with Crippen molar-refractivity contribution in [3.63, 3.8) is 0 Å². The average molecular weight is 214 g/mol. The lowest BCUT2D eigenvalue weighted by Crippen LogP contribution is -2.07. The maximum absolute atomic E-state index is 2.42. The molecule has 0 fully saturated rings. The van der Waals surface area contributed by atoms with Crippen LogP contribution >= 0.6 is 0 Å². The number of hydrogen-bond acceptors (Lipinski definition) is 0. The zero-order valence-corrected chi connectivity index (χ0v) is 12.3. The summed E-state index contributed by atoms with van der Waals surface area (Å²) in [7, 11) is 0. The third kappa shape index (κ3) is 11.9. The molecule has 0 bridgehead atoms. The molecule has 0 heterocycles. The van der Waals surface area contributed by atoms with Gasteiger partial charge in [-0.05, 0) is 30.6 Å². The Balaban J connectivity index is 0. The molecule has 0 spiro atoms. The Bertz CT molecular complexity index is 105. The molecule has 0 nitrogen and oxygen atoms in total. The van der Waals surface area contributed by atoms with Crippen molar-refractivity contribution in [2.24, 2.45) is 17.8 Å². The summed E-state index contributed by atoms with van der Waals surface area (Å²) in [6.45, 7) is 15.7. The minimum atomic E-state index is 0.870. The van der Waals surface area contributed by atoms with Gasteiger partial charge in [0.1, 0.15) is 0 Å². The summed E-state index contributed by atoms with van der Waals surface area (Å²) < 4.78 is 0. The predicted molar refractivity (Wildman–Crippen MR) is 73.3 cm³/mol. The molecule has 94 valence electrons. The molecule has 0 amide bonds. The Labute approximate surface area is 98.9 Å². The van der Waals surface area contributed by atoms with E-state index in [1.165, 1.54) is 32.1 Å². The van der Waals surface area contributed by atoms with Crippen molar-refractivity contribution < 1.29 is 0 Å². The Morgan fingerprint density at radius 2 is 1.40 bits per heavy atom. The monoisotopic (exact) mass is 214 g/mol. The van der Waals surface area contributed by atoms with E-state index >= 15 is 0 Å². The molecular formula is C15H34. The van der Waals surface area contributed by atoms with E-state index in [0.717, 1.165) is 17.8 Å². The minimum absolute atomic E-state index is 0.870. The van der Waals surface area contributed by atoms with Crippen LogP contribution in [-0.4, -0.2) is 0 Å². The molecule has 0 aliphatic heterocycles. The van der Waals surface area contributed by atoms with E-state index in [9.17, 15) is 0 Å². The highest BCUT2D eigenvalue weighted by atomic mass is 14.2. The van der Waals surface area contributed by atoms with Gasteiger partial charge in [0.25, 0.3) is 0 Å². The van der Waals surface area contributed by atoms with Gasteiger partial charge in [0.05, 0.1) is 0 Å². The second-order valence-electron chi connectivity index (χ2n) is 5.03. The van der Waals surface area contributed by atoms with Crippen molar-refractivity contribution in [1.82, 2.24) is 0 Å². The zero-order chi connectivity index (χ0) is 12.3. The van der Waals surface area contributed by atoms with E-state index in [-0.39, 0.29) is 0 Å². The molecule has 0 aromatic heterocycles. The molecular weight excluding hydrogens is 180 g/mol. The van der Waals surface area contributed by atoms with E-state index < -0.39 is 0 Å². The van der Waals surface area contributed by atoms with Gasteiger partial charge in [0, 0.05) is 0 Å². The van der Waals surface area contributed by atoms with Crippen LogP contribution in [0.15, 0.2) is 0 Å². The smallest absolute Gasteiger partial charge is 0.0414 e. The Morgan fingerprint density at radius 3 is 1.73 bits per heavy atom. The van der Waals surface area contributed by atoms with Crippen molar-refractivity contribution in [3.05, 3.63) is 0 Å². The Morgan fingerprint density at radius 1 is 0.867 bits per heavy atom. The molecule has 0 heteroatoms. The number of rotatable bonds is 7. The third-order valence-electron chi connectivity index (χ3n) is 2.88. The molecule has 15 heavy (non-hydrogen) atoms. The van der Waals surface area contributed by atoms with Crippen LogP contribution in [-0.2, 0) is 0 Å². The van der Waals surface area contributed by atoms with Crippen molar-refractivity contribution in [2.75, 3.05) is 0 Å². The van der Waals surface area contributed by atoms with Gasteiger partial charge in [-0.1, -0.05) is 67.7 Å². The first-order valence-corrected chi connectivity index (χ1v) is 7.10. The Kier molecular flexibility index (Phi) is 14.0. The number of hydrogen-bond donors (Lipinski definition) is 0. The molecule has 0 radical (unpaired) electrons. The van der Waals surface area contributed by atoms with Gasteiger partial charge in [-0.15, -0.1) is 0 Å². The van der Waals surface area contributed by atoms with Crippen molar-refractivity contribution in [2.45, 2.75) is 80.6 Å². The summed E-state index contributed by atoms with van der Waals surface area (Å²) in [5.74, 6) is 2.78. The van der Waals surface area contributed by atoms with Crippen molar-refractivity contribution >= 4 is 0 Å². The van der Waals surface area contributed by atoms with E-state index in [1.807, 2.05) is 13.8 Å². The van der Waals surface area contributed by atoms with Crippen LogP contribution in [0.4, 0.5) is 0 Å². The molecule has 2 unspecified atom stereocenters. The van der Waals surface area contributed by atoms with Gasteiger partial charge < -0.3 is 0 Å². The quantitative estimate of drug-likeness (QED) is 0.494. The molecule has 0 aromatic carbocycles. The fraction of sp³-hybridized carbons (Fsp3) is 1.00. The summed E-state index contributed by atoms with van der Waals surface area (Å²) in [6, 6.07) is 0. The first kappa shape index (κ1) is 17.4. The highest BCUT2D eigenvalue weighted by Crippen LogP contribution is 2.24. The molecule has 0 aromatic rings. The van der Waals surface area contributed by atoms with Gasteiger partial charge in [-0.3, -0.25) is 0 Å². The van der Waals surface area contributed by atoms with Gasteiger partial charge in [-0.25, -0.2) is 0 Å². The standard InChI is InChI=1S/C13H28.C2H6/c1-6-8-13(7-2)10-12(5)9-11(3)4;1-2/h11-13H,6-10H2,1-5H3;1-2H3. The molecule has 0 aliphatic rings. The molecule has 0 aliphatic carbocycles. The SMILES string of the molecule is CC.CCCC(CC)CC(C)CC(C)C. The first-order valence-electron chi connectivity index (χ1n) is 7.10. The van der Waals surface area contributed by atoms with Crippen LogP contribution in [0.1, 0.15) is 80.6 Å². The summed E-state index contributed by atoms with van der Waals surface area (Å²) >= 11 is 0. The van der Waals surface area contributed by atoms with E-state index in [2.05, 4.69) is 34.6 Å². The maximum atomic E-state index is 2.42. The fourth-order valence-corrected chi connectivity index (χ4v) is 2.37. The van der Waals surface area contributed by atoms with Crippen LogP contribution in [0, 0.1) is 17.8 Å². The van der Waals surface area contributed by atoms with Gasteiger partial charge in [0.2, 0.25) is 0 Å². The largest absolute Gasteiger partial charge is 0.0683 e. The highest BCUT2D eigenvalue weighted by molar-refractivity contribution is 4.63. The van der Waals surface area contributed by atoms with E-state index in [0.29, 0.717) is 0 Å². The summed E-state index contributed by atoms with van der Waals surface area (Å²) in [5, 5.41) is 0. The van der Waals surface area contributed by atoms with Gasteiger partial charge >= 0.3 is 0 Å². The Hall–Kier alpha value is 0. The third-order valence-corrected chi connectivity index (χ3v) is 2.88. The van der Waals surface area contributed by atoms with Crippen LogP contribution in [0.25, 0.3) is 0 Å². The van der Waals surface area contributed by atoms with Crippen molar-refractivity contribution in [3.8, 4) is 0 Å². The fourth-order valence-electron chi connectivity index (χ4n) is 2.37. The lowest BCUT2D eigenvalue weighted by atomic mass is 9.86. The van der Waals surface area contributed by atoms with Gasteiger partial charge in [-0.2, -0.15) is 0 Å². The summed E-state index contributed by atoms with van der Waals surface area (Å²) in [6.07, 6.45) is 7.00. The van der Waals surface area contributed by atoms with Crippen LogP contribution in [0.3, 0.4) is 0 Å². The molecule has 0 saturated heterocycles. The summed E-state index contributed by atoms with van der Waals surface area (Å²) in [5.41, 5.74) is 0. The first-order chi connectivity index (χ1) is 7.10. The van der Waals surface area contributed by atoms with Gasteiger partial charge in [0.15, 0.2) is 0 Å². The van der Waals surface area contributed by atoms with Crippen LogP contribution in [0.2, 0.25) is 0 Å². The maximum Gasteiger partial charge on any atom is -0.0414 e. The molecule has 2 atom stereocenters. The lowest BCUT2D eigenvalue weighted by molar-refractivity contribution is 0.319. The predicted octanol–water partition coefficient (Wildman–Crippen LogP) is 5.91. The highest BCUT2D eigenvalue weighted by Gasteiger charge is 2.11. The average Bonchev–Trinajstić information content (AvgIpc) is 2.19. The molecule has 0 saturated carbocycles. The topological polar surface area (TPSA) is 0 Å². The van der Waals surface area contributed by atoms with E-state index in [4.69, 9.17) is 0 Å². The zero-order valence-electron chi connectivity index (χ0n) is 12.3. The second kappa shape index (κ2) is 12.1. The van der Waals surface area contributed by atoms with Crippen LogP contribution < -0.4 is 0 Å². The normalized spacial score (nSPS) is 14.4. The lowest BCUT2D eigenvalue weighted by Gasteiger charge is -2.20. The molecule has 0 rings (SSSR count). The van der Waals surface area contributed by atoms with Crippen molar-refractivity contribution in [1.29, 1.82) is 0 Å².